The highest BCUT2D eigenvalue weighted by Gasteiger charge is 2.74. The van der Waals surface area contributed by atoms with E-state index in [1.807, 2.05) is 18.2 Å². The first-order valence-corrected chi connectivity index (χ1v) is 8.40. The number of benzene rings is 1. The predicted octanol–water partition coefficient (Wildman–Crippen LogP) is 1.44. The van der Waals surface area contributed by atoms with Crippen LogP contribution >= 0.6 is 0 Å². The molecule has 4 heteroatoms. The van der Waals surface area contributed by atoms with Crippen molar-refractivity contribution in [3.8, 4) is 0 Å². The van der Waals surface area contributed by atoms with Gasteiger partial charge >= 0.3 is 0 Å². The molecule has 116 valence electrons. The first-order chi connectivity index (χ1) is 10.7. The van der Waals surface area contributed by atoms with Crippen LogP contribution in [-0.2, 0) is 16.1 Å². The summed E-state index contributed by atoms with van der Waals surface area (Å²) in [4.78, 5) is 12.1. The van der Waals surface area contributed by atoms with E-state index in [4.69, 9.17) is 10.5 Å². The molecule has 1 spiro atoms. The van der Waals surface area contributed by atoms with Crippen LogP contribution in [0.3, 0.4) is 0 Å². The Bertz CT molecular complexity index is 611. The number of hydrogen-bond donors (Lipinski definition) is 2. The molecule has 1 aliphatic heterocycles. The number of hydrogen-bond acceptors (Lipinski definition) is 3. The summed E-state index contributed by atoms with van der Waals surface area (Å²) < 4.78 is 6.08. The monoisotopic (exact) mass is 298 g/mol. The number of amides is 1. The van der Waals surface area contributed by atoms with E-state index in [1.54, 1.807) is 0 Å². The van der Waals surface area contributed by atoms with Crippen molar-refractivity contribution in [2.45, 2.75) is 44.1 Å². The van der Waals surface area contributed by atoms with Crippen molar-refractivity contribution in [2.75, 3.05) is 0 Å². The van der Waals surface area contributed by atoms with Gasteiger partial charge in [0.2, 0.25) is 5.91 Å². The highest BCUT2D eigenvalue weighted by Crippen LogP contribution is 2.70. The van der Waals surface area contributed by atoms with Gasteiger partial charge in [-0.1, -0.05) is 30.3 Å². The Hall–Kier alpha value is -1.39. The maximum absolute atomic E-state index is 12.1. The van der Waals surface area contributed by atoms with Crippen molar-refractivity contribution >= 4 is 5.91 Å². The molecule has 3 N–H and O–H groups in total. The molecule has 4 nitrogen and oxygen atoms in total. The van der Waals surface area contributed by atoms with E-state index < -0.39 is 0 Å². The minimum atomic E-state index is 0.155. The lowest BCUT2D eigenvalue weighted by molar-refractivity contribution is -0.125. The van der Waals surface area contributed by atoms with Gasteiger partial charge in [0.15, 0.2) is 0 Å². The number of nitrogens with two attached hydrogens (primary N) is 1. The molecule has 5 rings (SSSR count). The Morgan fingerprint density at radius 3 is 2.82 bits per heavy atom. The number of nitrogens with one attached hydrogen (secondary N) is 1. The molecule has 3 saturated carbocycles. The van der Waals surface area contributed by atoms with Gasteiger partial charge in [0.25, 0.3) is 0 Å². The molecule has 0 radical (unpaired) electrons. The SMILES string of the molecule is N[C@@H]1[C@H]2NC(=O)[C@@H]3C[C@H]1C1(CC(OCc4ccccc4)C1)[C@@H]23. The van der Waals surface area contributed by atoms with Crippen LogP contribution < -0.4 is 11.1 Å². The van der Waals surface area contributed by atoms with Gasteiger partial charge in [-0.05, 0) is 42.1 Å². The van der Waals surface area contributed by atoms with E-state index in [-0.39, 0.29) is 29.3 Å². The van der Waals surface area contributed by atoms with E-state index in [2.05, 4.69) is 17.4 Å². The van der Waals surface area contributed by atoms with E-state index >= 15 is 0 Å². The normalized spacial score (nSPS) is 47.8. The minimum Gasteiger partial charge on any atom is -0.374 e. The molecule has 1 amide bonds. The third kappa shape index (κ3) is 1.52. The van der Waals surface area contributed by atoms with Crippen molar-refractivity contribution in [2.24, 2.45) is 28.9 Å². The smallest absolute Gasteiger partial charge is 0.223 e. The molecular weight excluding hydrogens is 276 g/mol. The Balaban J connectivity index is 1.27. The Morgan fingerprint density at radius 1 is 1.27 bits per heavy atom. The molecule has 1 heterocycles. The summed E-state index contributed by atoms with van der Waals surface area (Å²) in [5.74, 6) is 1.46. The maximum Gasteiger partial charge on any atom is 0.223 e. The number of carbonyl (C=O) groups excluding carboxylic acids is 1. The molecule has 0 unspecified atom stereocenters. The summed E-state index contributed by atoms with van der Waals surface area (Å²) in [6.45, 7) is 0.688. The second-order valence-corrected chi connectivity index (χ2v) is 7.65. The molecule has 5 atom stereocenters. The first kappa shape index (κ1) is 13.1. The minimum absolute atomic E-state index is 0.155. The van der Waals surface area contributed by atoms with Crippen LogP contribution in [0.2, 0.25) is 0 Å². The number of carbonyl (C=O) groups is 1. The van der Waals surface area contributed by atoms with Crippen LogP contribution in [0.25, 0.3) is 0 Å². The molecule has 4 aliphatic rings. The highest BCUT2D eigenvalue weighted by molar-refractivity contribution is 5.83. The Kier molecular flexibility index (Phi) is 2.57. The van der Waals surface area contributed by atoms with Crippen molar-refractivity contribution in [1.82, 2.24) is 5.32 Å². The molecule has 1 saturated heterocycles. The summed E-state index contributed by atoms with van der Waals surface area (Å²) >= 11 is 0. The second-order valence-electron chi connectivity index (χ2n) is 7.65. The van der Waals surface area contributed by atoms with Gasteiger partial charge in [-0.3, -0.25) is 4.79 Å². The standard InChI is InChI=1S/C18H22N2O2/c19-15-13-6-12-14(16(15)20-17(12)21)18(13)7-11(8-18)22-9-10-4-2-1-3-5-10/h1-5,11-16H,6-9,19H2,(H,20,21)/t11?,12-,13-,14-,15+,16+,18?/m1/s1. The zero-order valence-corrected chi connectivity index (χ0v) is 12.6. The van der Waals surface area contributed by atoms with Gasteiger partial charge in [-0.2, -0.15) is 0 Å². The van der Waals surface area contributed by atoms with Crippen LogP contribution in [0.1, 0.15) is 24.8 Å². The van der Waals surface area contributed by atoms with E-state index in [9.17, 15) is 4.79 Å². The maximum atomic E-state index is 12.1. The van der Waals surface area contributed by atoms with Crippen molar-refractivity contribution in [3.63, 3.8) is 0 Å². The summed E-state index contributed by atoms with van der Waals surface area (Å²) in [7, 11) is 0. The van der Waals surface area contributed by atoms with Crippen LogP contribution in [0.4, 0.5) is 0 Å². The largest absolute Gasteiger partial charge is 0.374 e. The Labute approximate surface area is 130 Å². The number of rotatable bonds is 3. The second kappa shape index (κ2) is 4.33. The average Bonchev–Trinajstić information content (AvgIpc) is 3.04. The highest BCUT2D eigenvalue weighted by atomic mass is 16.5. The summed E-state index contributed by atoms with van der Waals surface area (Å²) in [5, 5.41) is 3.15. The van der Waals surface area contributed by atoms with Crippen LogP contribution in [0.15, 0.2) is 30.3 Å². The van der Waals surface area contributed by atoms with Gasteiger partial charge in [-0.25, -0.2) is 0 Å². The average molecular weight is 298 g/mol. The van der Waals surface area contributed by atoms with E-state index in [0.717, 1.165) is 19.3 Å². The van der Waals surface area contributed by atoms with Crippen LogP contribution in [-0.4, -0.2) is 24.1 Å². The molecule has 4 fully saturated rings. The fourth-order valence-corrected chi connectivity index (χ4v) is 5.94. The summed E-state index contributed by atoms with van der Waals surface area (Å²) in [5.41, 5.74) is 7.92. The molecule has 22 heavy (non-hydrogen) atoms. The lowest BCUT2D eigenvalue weighted by Crippen LogP contribution is -2.47. The van der Waals surface area contributed by atoms with Gasteiger partial charge in [0.05, 0.1) is 12.7 Å². The predicted molar refractivity (Wildman–Crippen MR) is 81.7 cm³/mol. The zero-order chi connectivity index (χ0) is 14.9. The van der Waals surface area contributed by atoms with Gasteiger partial charge in [0, 0.05) is 18.0 Å². The fraction of sp³-hybridized carbons (Fsp3) is 0.611. The fourth-order valence-electron chi connectivity index (χ4n) is 5.94. The molecule has 0 aromatic heterocycles. The van der Waals surface area contributed by atoms with E-state index in [1.165, 1.54) is 5.56 Å². The van der Waals surface area contributed by atoms with Gasteiger partial charge in [0.1, 0.15) is 0 Å². The molecule has 1 aromatic rings. The molecule has 3 aliphatic carbocycles. The zero-order valence-electron chi connectivity index (χ0n) is 12.6. The van der Waals surface area contributed by atoms with E-state index in [0.29, 0.717) is 24.5 Å². The topological polar surface area (TPSA) is 64.3 Å². The third-order valence-corrected chi connectivity index (χ3v) is 6.80. The molecular formula is C18H22N2O2. The molecule has 2 bridgehead atoms. The quantitative estimate of drug-likeness (QED) is 0.887. The lowest BCUT2D eigenvalue weighted by Gasteiger charge is -2.49. The van der Waals surface area contributed by atoms with Crippen molar-refractivity contribution in [1.29, 1.82) is 0 Å². The lowest BCUT2D eigenvalue weighted by atomic mass is 9.59. The van der Waals surface area contributed by atoms with Crippen LogP contribution in [0.5, 0.6) is 0 Å². The van der Waals surface area contributed by atoms with Crippen molar-refractivity contribution < 1.29 is 9.53 Å². The third-order valence-electron chi connectivity index (χ3n) is 6.80. The van der Waals surface area contributed by atoms with Gasteiger partial charge in [-0.15, -0.1) is 0 Å². The molecule has 1 aromatic carbocycles. The van der Waals surface area contributed by atoms with Crippen molar-refractivity contribution in [3.05, 3.63) is 35.9 Å². The summed E-state index contributed by atoms with van der Waals surface area (Å²) in [6, 6.07) is 10.7. The first-order valence-electron chi connectivity index (χ1n) is 8.40. The van der Waals surface area contributed by atoms with Gasteiger partial charge < -0.3 is 15.8 Å². The van der Waals surface area contributed by atoms with Crippen LogP contribution in [0, 0.1) is 23.2 Å². The Morgan fingerprint density at radius 2 is 2.05 bits per heavy atom. The number of ether oxygens (including phenoxy) is 1. The summed E-state index contributed by atoms with van der Waals surface area (Å²) in [6.07, 6.45) is 3.51.